The maximum Gasteiger partial charge on any atom is 0.227 e. The number of nitrogens with one attached hydrogen (secondary N) is 1. The summed E-state index contributed by atoms with van der Waals surface area (Å²) in [5.74, 6) is 2.72. The van der Waals surface area contributed by atoms with Crippen LogP contribution in [0.5, 0.6) is 0 Å². The smallest absolute Gasteiger partial charge is 0.227 e. The van der Waals surface area contributed by atoms with E-state index < -0.39 is 9.06 Å². The van der Waals surface area contributed by atoms with Gasteiger partial charge in [-0.25, -0.2) is 0 Å². The summed E-state index contributed by atoms with van der Waals surface area (Å²) in [6.45, 7) is 1.58. The summed E-state index contributed by atoms with van der Waals surface area (Å²) in [4.78, 5) is 10.7. The molecule has 0 bridgehead atoms. The van der Waals surface area contributed by atoms with Gasteiger partial charge in [0, 0.05) is 17.9 Å². The van der Waals surface area contributed by atoms with Crippen LogP contribution in [0.2, 0.25) is 0 Å². The topological polar surface area (TPSA) is 29.1 Å². The quantitative estimate of drug-likeness (QED) is 0.556. The molecule has 1 rings (SSSR count). The molecule has 0 aromatic rings. The molecule has 0 aromatic carbocycles. The first-order valence-corrected chi connectivity index (χ1v) is 8.02. The molecule has 1 heterocycles. The van der Waals surface area contributed by atoms with E-state index in [-0.39, 0.29) is 5.91 Å². The highest BCUT2D eigenvalue weighted by Gasteiger charge is 2.22. The molecule has 1 amide bonds. The van der Waals surface area contributed by atoms with Gasteiger partial charge >= 0.3 is 0 Å². The third-order valence-corrected chi connectivity index (χ3v) is 7.57. The average Bonchev–Trinajstić information content (AvgIpc) is 2.03. The van der Waals surface area contributed by atoms with Crippen LogP contribution < -0.4 is 4.72 Å². The first kappa shape index (κ1) is 10.3. The third kappa shape index (κ3) is 3.27. The molecule has 0 radical (unpaired) electrons. The molecule has 0 unspecified atom stereocenters. The fourth-order valence-corrected chi connectivity index (χ4v) is 5.82. The Hall–Kier alpha value is 0.170. The summed E-state index contributed by atoms with van der Waals surface area (Å²) in [6.07, 6.45) is 6.40. The standard InChI is InChI=1S/C8H17NOS2/c1-8(10)9-11-12(2)6-4-3-5-7-12/h3-7H2,1-2H3,(H,9,10). The summed E-state index contributed by atoms with van der Waals surface area (Å²) in [5, 5.41) is 0. The summed E-state index contributed by atoms with van der Waals surface area (Å²) < 4.78 is 2.87. The summed E-state index contributed by atoms with van der Waals surface area (Å²) >= 11 is 0. The summed E-state index contributed by atoms with van der Waals surface area (Å²) in [6, 6.07) is 0. The minimum atomic E-state index is -0.551. The fourth-order valence-electron chi connectivity index (χ4n) is 1.34. The predicted octanol–water partition coefficient (Wildman–Crippen LogP) is 2.30. The van der Waals surface area contributed by atoms with Gasteiger partial charge in [0.15, 0.2) is 0 Å². The Morgan fingerprint density at radius 3 is 2.42 bits per heavy atom. The molecule has 1 fully saturated rings. The van der Waals surface area contributed by atoms with Crippen molar-refractivity contribution in [3.63, 3.8) is 0 Å². The Bertz CT molecular complexity index is 166. The number of hydrogen-bond donors (Lipinski definition) is 1. The molecule has 0 spiro atoms. The highest BCUT2D eigenvalue weighted by molar-refractivity contribution is 8.93. The first-order chi connectivity index (χ1) is 5.62. The monoisotopic (exact) mass is 207 g/mol. The Morgan fingerprint density at radius 1 is 1.33 bits per heavy atom. The Labute approximate surface area is 79.7 Å². The van der Waals surface area contributed by atoms with Crippen molar-refractivity contribution >= 4 is 25.9 Å². The van der Waals surface area contributed by atoms with Crippen LogP contribution in [-0.4, -0.2) is 23.7 Å². The second kappa shape index (κ2) is 4.42. The van der Waals surface area contributed by atoms with Crippen LogP contribution in [0, 0.1) is 0 Å². The van der Waals surface area contributed by atoms with E-state index in [0.717, 1.165) is 0 Å². The van der Waals surface area contributed by atoms with E-state index in [4.69, 9.17) is 0 Å². The van der Waals surface area contributed by atoms with Crippen LogP contribution in [0.1, 0.15) is 26.2 Å². The van der Waals surface area contributed by atoms with E-state index in [2.05, 4.69) is 11.0 Å². The van der Waals surface area contributed by atoms with E-state index in [1.807, 2.05) is 0 Å². The molecule has 0 aliphatic carbocycles. The van der Waals surface area contributed by atoms with Gasteiger partial charge in [-0.1, -0.05) is 6.42 Å². The van der Waals surface area contributed by atoms with E-state index in [1.54, 1.807) is 17.9 Å². The summed E-state index contributed by atoms with van der Waals surface area (Å²) in [7, 11) is 1.14. The van der Waals surface area contributed by atoms with Gasteiger partial charge in [0.1, 0.15) is 0 Å². The molecule has 1 N–H and O–H groups in total. The maximum absolute atomic E-state index is 10.7. The minimum Gasteiger partial charge on any atom is -0.292 e. The molecule has 0 saturated carbocycles. The number of carbonyl (C=O) groups is 1. The number of amides is 1. The molecule has 2 nitrogen and oxygen atoms in total. The van der Waals surface area contributed by atoms with Crippen molar-refractivity contribution < 1.29 is 4.79 Å². The molecule has 1 aliphatic heterocycles. The van der Waals surface area contributed by atoms with Crippen molar-refractivity contribution in [2.24, 2.45) is 0 Å². The van der Waals surface area contributed by atoms with Crippen molar-refractivity contribution in [2.45, 2.75) is 26.2 Å². The van der Waals surface area contributed by atoms with E-state index in [9.17, 15) is 4.79 Å². The zero-order chi connectivity index (χ0) is 9.03. The van der Waals surface area contributed by atoms with Crippen molar-refractivity contribution in [2.75, 3.05) is 17.8 Å². The highest BCUT2D eigenvalue weighted by Crippen LogP contribution is 2.58. The van der Waals surface area contributed by atoms with Gasteiger partial charge in [0.05, 0.1) is 0 Å². The molecule has 4 heteroatoms. The maximum atomic E-state index is 10.7. The zero-order valence-corrected chi connectivity index (χ0v) is 9.39. The van der Waals surface area contributed by atoms with Crippen LogP contribution in [0.3, 0.4) is 0 Å². The number of rotatable bonds is 2. The number of carbonyl (C=O) groups excluding carboxylic acids is 1. The van der Waals surface area contributed by atoms with Crippen LogP contribution in [0.25, 0.3) is 0 Å². The average molecular weight is 207 g/mol. The molecule has 0 aromatic heterocycles. The molecular weight excluding hydrogens is 190 g/mol. The van der Waals surface area contributed by atoms with Crippen LogP contribution in [-0.2, 0) is 4.79 Å². The predicted molar refractivity (Wildman–Crippen MR) is 58.5 cm³/mol. The van der Waals surface area contributed by atoms with Crippen LogP contribution in [0.4, 0.5) is 0 Å². The van der Waals surface area contributed by atoms with Gasteiger partial charge in [-0.15, -0.1) is 0 Å². The SMILES string of the molecule is CC(=O)NSS1(C)CCCCC1. The lowest BCUT2D eigenvalue weighted by molar-refractivity contribution is -0.117. The van der Waals surface area contributed by atoms with Gasteiger partial charge in [0.2, 0.25) is 5.91 Å². The van der Waals surface area contributed by atoms with Crippen LogP contribution >= 0.6 is 20.0 Å². The molecule has 1 aliphatic rings. The van der Waals surface area contributed by atoms with Crippen molar-refractivity contribution in [3.05, 3.63) is 0 Å². The molecule has 72 valence electrons. The third-order valence-electron chi connectivity index (χ3n) is 2.04. The Balaban J connectivity index is 2.31. The van der Waals surface area contributed by atoms with Gasteiger partial charge in [0.25, 0.3) is 0 Å². The van der Waals surface area contributed by atoms with E-state index >= 15 is 0 Å². The first-order valence-electron chi connectivity index (χ1n) is 4.31. The van der Waals surface area contributed by atoms with Gasteiger partial charge in [-0.2, -0.15) is 9.06 Å². The highest BCUT2D eigenvalue weighted by atomic mass is 33.2. The van der Waals surface area contributed by atoms with Gasteiger partial charge in [-0.3, -0.25) is 9.52 Å². The lowest BCUT2D eigenvalue weighted by Gasteiger charge is -2.37. The van der Waals surface area contributed by atoms with E-state index in [1.165, 1.54) is 30.8 Å². The van der Waals surface area contributed by atoms with Gasteiger partial charge < -0.3 is 0 Å². The number of hydrogen-bond acceptors (Lipinski definition) is 2. The van der Waals surface area contributed by atoms with E-state index in [0.29, 0.717) is 0 Å². The fraction of sp³-hybridized carbons (Fsp3) is 0.875. The normalized spacial score (nSPS) is 24.5. The lowest BCUT2D eigenvalue weighted by atomic mass is 10.3. The lowest BCUT2D eigenvalue weighted by Crippen LogP contribution is -2.18. The Morgan fingerprint density at radius 2 is 1.92 bits per heavy atom. The summed E-state index contributed by atoms with van der Waals surface area (Å²) in [5.41, 5.74) is 0. The molecule has 12 heavy (non-hydrogen) atoms. The molecule has 0 atom stereocenters. The minimum absolute atomic E-state index is 0.0827. The van der Waals surface area contributed by atoms with Crippen molar-refractivity contribution in [3.8, 4) is 0 Å². The van der Waals surface area contributed by atoms with Crippen LogP contribution in [0.15, 0.2) is 0 Å². The van der Waals surface area contributed by atoms with Gasteiger partial charge in [-0.05, 0) is 30.6 Å². The van der Waals surface area contributed by atoms with Crippen molar-refractivity contribution in [1.82, 2.24) is 4.72 Å². The molecular formula is C8H17NOS2. The Kier molecular flexibility index (Phi) is 3.77. The largest absolute Gasteiger partial charge is 0.292 e. The van der Waals surface area contributed by atoms with Crippen molar-refractivity contribution in [1.29, 1.82) is 0 Å². The second-order valence-corrected chi connectivity index (χ2v) is 9.86. The molecule has 1 saturated heterocycles. The zero-order valence-electron chi connectivity index (χ0n) is 7.76. The second-order valence-electron chi connectivity index (χ2n) is 3.39.